The van der Waals surface area contributed by atoms with Crippen LogP contribution >= 0.6 is 11.3 Å². The van der Waals surface area contributed by atoms with Crippen molar-refractivity contribution in [3.63, 3.8) is 0 Å². The number of benzene rings is 1. The van der Waals surface area contributed by atoms with Crippen LogP contribution in [0.5, 0.6) is 0 Å². The van der Waals surface area contributed by atoms with Crippen LogP contribution in [-0.4, -0.2) is 38.4 Å². The molecule has 7 heteroatoms. The maximum Gasteiger partial charge on any atom is 0.254 e. The number of hydrogen-bond donors (Lipinski definition) is 1. The maximum atomic E-state index is 12.8. The Labute approximate surface area is 165 Å². The number of likely N-dealkylation sites (tertiary alicyclic amines) is 1. The first-order valence-electron chi connectivity index (χ1n) is 9.44. The van der Waals surface area contributed by atoms with Gasteiger partial charge in [0.05, 0.1) is 4.90 Å². The molecule has 1 unspecified atom stereocenters. The first-order valence-corrected chi connectivity index (χ1v) is 11.8. The molecule has 3 rings (SSSR count). The molecule has 2 aromatic rings. The van der Waals surface area contributed by atoms with Gasteiger partial charge in [0, 0.05) is 29.6 Å². The van der Waals surface area contributed by atoms with Crippen LogP contribution in [0, 0.1) is 0 Å². The monoisotopic (exact) mass is 406 g/mol. The van der Waals surface area contributed by atoms with Crippen LogP contribution in [0.15, 0.2) is 46.7 Å². The molecular weight excluding hydrogens is 380 g/mol. The van der Waals surface area contributed by atoms with Gasteiger partial charge in [-0.25, -0.2) is 13.1 Å². The zero-order chi connectivity index (χ0) is 19.3. The van der Waals surface area contributed by atoms with Gasteiger partial charge >= 0.3 is 0 Å². The van der Waals surface area contributed by atoms with Crippen molar-refractivity contribution in [1.82, 2.24) is 9.62 Å². The number of piperidine rings is 1. The van der Waals surface area contributed by atoms with E-state index in [2.05, 4.69) is 11.6 Å². The molecule has 27 heavy (non-hydrogen) atoms. The highest BCUT2D eigenvalue weighted by atomic mass is 32.2. The molecule has 0 aliphatic carbocycles. The van der Waals surface area contributed by atoms with Crippen LogP contribution in [-0.2, 0) is 16.4 Å². The molecule has 0 bridgehead atoms. The van der Waals surface area contributed by atoms with E-state index in [9.17, 15) is 13.2 Å². The number of hydrogen-bond acceptors (Lipinski definition) is 4. The van der Waals surface area contributed by atoms with Gasteiger partial charge in [0.2, 0.25) is 10.0 Å². The second kappa shape index (κ2) is 8.99. The van der Waals surface area contributed by atoms with Crippen LogP contribution in [0.3, 0.4) is 0 Å². The van der Waals surface area contributed by atoms with Gasteiger partial charge < -0.3 is 4.90 Å². The van der Waals surface area contributed by atoms with Gasteiger partial charge in [-0.2, -0.15) is 0 Å². The predicted molar refractivity (Wildman–Crippen MR) is 109 cm³/mol. The lowest BCUT2D eigenvalue weighted by molar-refractivity contribution is 0.0608. The maximum absolute atomic E-state index is 12.8. The van der Waals surface area contributed by atoms with E-state index >= 15 is 0 Å². The van der Waals surface area contributed by atoms with Crippen molar-refractivity contribution in [2.45, 2.75) is 50.0 Å². The molecule has 1 aliphatic heterocycles. The average Bonchev–Trinajstić information content (AvgIpc) is 3.21. The molecule has 0 saturated carbocycles. The SMILES string of the molecule is CCC1CCCCN1C(=O)c1ccc(S(=O)(=O)NCCc2cccs2)cc1. The highest BCUT2D eigenvalue weighted by Crippen LogP contribution is 2.22. The van der Waals surface area contributed by atoms with Crippen molar-refractivity contribution < 1.29 is 13.2 Å². The van der Waals surface area contributed by atoms with E-state index < -0.39 is 10.0 Å². The van der Waals surface area contributed by atoms with Gasteiger partial charge in [0.15, 0.2) is 0 Å². The molecule has 0 radical (unpaired) electrons. The third kappa shape index (κ3) is 4.97. The number of rotatable bonds is 7. The molecule has 1 atom stereocenters. The van der Waals surface area contributed by atoms with Crippen molar-refractivity contribution >= 4 is 27.3 Å². The number of amides is 1. The van der Waals surface area contributed by atoms with Gasteiger partial charge in [-0.05, 0) is 67.8 Å². The Morgan fingerprint density at radius 1 is 1.22 bits per heavy atom. The summed E-state index contributed by atoms with van der Waals surface area (Å²) in [4.78, 5) is 16.1. The fourth-order valence-corrected chi connectivity index (χ4v) is 5.22. The molecular formula is C20H26N2O3S2. The van der Waals surface area contributed by atoms with E-state index in [1.165, 1.54) is 12.1 Å². The number of carbonyl (C=O) groups is 1. The second-order valence-corrected chi connectivity index (χ2v) is 9.61. The van der Waals surface area contributed by atoms with Gasteiger partial charge in [-0.1, -0.05) is 13.0 Å². The first kappa shape index (κ1) is 20.0. The van der Waals surface area contributed by atoms with Crippen molar-refractivity contribution in [3.05, 3.63) is 52.2 Å². The first-order chi connectivity index (χ1) is 13.0. The van der Waals surface area contributed by atoms with Gasteiger partial charge in [-0.15, -0.1) is 11.3 Å². The topological polar surface area (TPSA) is 66.5 Å². The fraction of sp³-hybridized carbons (Fsp3) is 0.450. The summed E-state index contributed by atoms with van der Waals surface area (Å²) in [5.74, 6) is -0.00356. The number of nitrogens with zero attached hydrogens (tertiary/aromatic N) is 1. The second-order valence-electron chi connectivity index (χ2n) is 6.81. The normalized spacial score (nSPS) is 17.8. The number of thiophene rings is 1. The number of nitrogens with one attached hydrogen (secondary N) is 1. The average molecular weight is 407 g/mol. The lowest BCUT2D eigenvalue weighted by Gasteiger charge is -2.35. The van der Waals surface area contributed by atoms with Gasteiger partial charge in [0.25, 0.3) is 5.91 Å². The summed E-state index contributed by atoms with van der Waals surface area (Å²) in [5, 5.41) is 1.98. The quantitative estimate of drug-likeness (QED) is 0.763. The van der Waals surface area contributed by atoms with Crippen molar-refractivity contribution in [3.8, 4) is 0 Å². The Balaban J connectivity index is 1.64. The van der Waals surface area contributed by atoms with E-state index in [4.69, 9.17) is 0 Å². The number of carbonyl (C=O) groups excluding carboxylic acids is 1. The molecule has 1 aliphatic rings. The molecule has 1 aromatic heterocycles. The summed E-state index contributed by atoms with van der Waals surface area (Å²) in [7, 11) is -3.57. The minimum atomic E-state index is -3.57. The van der Waals surface area contributed by atoms with E-state index in [-0.39, 0.29) is 16.8 Å². The van der Waals surface area contributed by atoms with Crippen LogP contribution in [0.2, 0.25) is 0 Å². The minimum absolute atomic E-state index is 0.00356. The Morgan fingerprint density at radius 2 is 2.00 bits per heavy atom. The Kier molecular flexibility index (Phi) is 6.68. The third-order valence-corrected chi connectivity index (χ3v) is 7.43. The highest BCUT2D eigenvalue weighted by molar-refractivity contribution is 7.89. The standard InChI is InChI=1S/C20H26N2O3S2/c1-2-17-6-3-4-14-22(17)20(23)16-8-10-19(11-9-16)27(24,25)21-13-12-18-7-5-15-26-18/h5,7-11,15,17,21H,2-4,6,12-14H2,1H3. The lowest BCUT2D eigenvalue weighted by atomic mass is 9.99. The summed E-state index contributed by atoms with van der Waals surface area (Å²) in [6.07, 6.45) is 4.86. The molecule has 2 heterocycles. The summed E-state index contributed by atoms with van der Waals surface area (Å²) in [5.41, 5.74) is 0.549. The molecule has 1 amide bonds. The largest absolute Gasteiger partial charge is 0.336 e. The van der Waals surface area contributed by atoms with E-state index in [0.717, 1.165) is 37.1 Å². The van der Waals surface area contributed by atoms with Crippen molar-refractivity contribution in [2.75, 3.05) is 13.1 Å². The van der Waals surface area contributed by atoms with Crippen LogP contribution in [0.4, 0.5) is 0 Å². The van der Waals surface area contributed by atoms with Crippen molar-refractivity contribution in [1.29, 1.82) is 0 Å². The fourth-order valence-electron chi connectivity index (χ4n) is 3.48. The van der Waals surface area contributed by atoms with E-state index in [1.807, 2.05) is 22.4 Å². The smallest absolute Gasteiger partial charge is 0.254 e. The molecule has 0 spiro atoms. The molecule has 1 saturated heterocycles. The summed E-state index contributed by atoms with van der Waals surface area (Å²) in [6.45, 7) is 3.24. The van der Waals surface area contributed by atoms with Crippen LogP contribution in [0.1, 0.15) is 47.8 Å². The van der Waals surface area contributed by atoms with Gasteiger partial charge in [0.1, 0.15) is 0 Å². The Hall–Kier alpha value is -1.70. The predicted octanol–water partition coefficient (Wildman–Crippen LogP) is 3.67. The Bertz CT molecular complexity index is 846. The minimum Gasteiger partial charge on any atom is -0.336 e. The molecule has 5 nitrogen and oxygen atoms in total. The molecule has 1 N–H and O–H groups in total. The summed E-state index contributed by atoms with van der Waals surface area (Å²) < 4.78 is 27.5. The highest BCUT2D eigenvalue weighted by Gasteiger charge is 2.26. The van der Waals surface area contributed by atoms with Crippen LogP contribution < -0.4 is 4.72 Å². The third-order valence-electron chi connectivity index (χ3n) is 5.01. The van der Waals surface area contributed by atoms with E-state index in [1.54, 1.807) is 23.5 Å². The molecule has 1 aromatic carbocycles. The number of sulfonamides is 1. The summed E-state index contributed by atoms with van der Waals surface area (Å²) in [6, 6.07) is 10.5. The molecule has 146 valence electrons. The zero-order valence-electron chi connectivity index (χ0n) is 15.6. The van der Waals surface area contributed by atoms with E-state index in [0.29, 0.717) is 18.5 Å². The summed E-state index contributed by atoms with van der Waals surface area (Å²) >= 11 is 1.61. The Morgan fingerprint density at radius 3 is 2.67 bits per heavy atom. The van der Waals surface area contributed by atoms with Crippen molar-refractivity contribution in [2.24, 2.45) is 0 Å². The van der Waals surface area contributed by atoms with Crippen LogP contribution in [0.25, 0.3) is 0 Å². The zero-order valence-corrected chi connectivity index (χ0v) is 17.2. The van der Waals surface area contributed by atoms with Gasteiger partial charge in [-0.3, -0.25) is 4.79 Å². The lowest BCUT2D eigenvalue weighted by Crippen LogP contribution is -2.43. The molecule has 1 fully saturated rings.